The van der Waals surface area contributed by atoms with Gasteiger partial charge in [-0.1, -0.05) is 48.0 Å². The first-order valence-electron chi connectivity index (χ1n) is 7.43. The summed E-state index contributed by atoms with van der Waals surface area (Å²) in [7, 11) is 0. The second-order valence-electron chi connectivity index (χ2n) is 5.81. The first-order chi connectivity index (χ1) is 10.2. The van der Waals surface area contributed by atoms with Crippen LogP contribution in [0.15, 0.2) is 53.5 Å². The van der Waals surface area contributed by atoms with Crippen LogP contribution in [0.2, 0.25) is 0 Å². The van der Waals surface area contributed by atoms with Crippen molar-refractivity contribution in [3.05, 3.63) is 65.2 Å². The van der Waals surface area contributed by atoms with Crippen LogP contribution in [0.4, 0.5) is 5.69 Å². The molecule has 0 aromatic heterocycles. The minimum atomic E-state index is -1.12. The molecule has 4 rings (SSSR count). The van der Waals surface area contributed by atoms with Gasteiger partial charge in [0.2, 0.25) is 0 Å². The van der Waals surface area contributed by atoms with Crippen molar-refractivity contribution in [3.63, 3.8) is 0 Å². The molecule has 0 fully saturated rings. The molecule has 0 bridgehead atoms. The number of fused-ring (bicyclic) bond motifs is 3. The zero-order chi connectivity index (χ0) is 14.4. The number of aliphatic hydroxyl groups is 1. The summed E-state index contributed by atoms with van der Waals surface area (Å²) in [6.45, 7) is 3.76. The smallest absolute Gasteiger partial charge is 0.174 e. The van der Waals surface area contributed by atoms with Gasteiger partial charge in [-0.25, -0.2) is 0 Å². The molecule has 0 spiro atoms. The molecule has 106 valence electrons. The van der Waals surface area contributed by atoms with Crippen molar-refractivity contribution in [1.29, 1.82) is 0 Å². The molecule has 0 saturated carbocycles. The number of nitrogens with zero attached hydrogens (tertiary/aromatic N) is 2. The van der Waals surface area contributed by atoms with Crippen LogP contribution in [-0.2, 0) is 5.60 Å². The molecule has 2 aromatic rings. The van der Waals surface area contributed by atoms with Crippen molar-refractivity contribution >= 4 is 11.5 Å². The summed E-state index contributed by atoms with van der Waals surface area (Å²) in [5, 5.41) is 11.6. The van der Waals surface area contributed by atoms with Gasteiger partial charge in [0.15, 0.2) is 5.60 Å². The molecule has 21 heavy (non-hydrogen) atoms. The molecule has 1 atom stereocenters. The highest BCUT2D eigenvalue weighted by atomic mass is 16.3. The topological polar surface area (TPSA) is 35.8 Å². The highest BCUT2D eigenvalue weighted by Crippen LogP contribution is 2.45. The van der Waals surface area contributed by atoms with Gasteiger partial charge >= 0.3 is 0 Å². The molecule has 0 radical (unpaired) electrons. The van der Waals surface area contributed by atoms with E-state index in [1.54, 1.807) is 0 Å². The highest BCUT2D eigenvalue weighted by Gasteiger charge is 2.49. The molecule has 2 aliphatic rings. The van der Waals surface area contributed by atoms with Crippen molar-refractivity contribution in [2.24, 2.45) is 4.99 Å². The third-order valence-electron chi connectivity index (χ3n) is 4.40. The Morgan fingerprint density at radius 1 is 1.14 bits per heavy atom. The number of para-hydroxylation sites is 1. The summed E-state index contributed by atoms with van der Waals surface area (Å²) in [5.41, 5.74) is 2.95. The summed E-state index contributed by atoms with van der Waals surface area (Å²) in [5.74, 6) is 0.778. The quantitative estimate of drug-likeness (QED) is 0.870. The van der Waals surface area contributed by atoms with Crippen LogP contribution in [0.5, 0.6) is 0 Å². The van der Waals surface area contributed by atoms with E-state index in [4.69, 9.17) is 0 Å². The molecule has 0 aliphatic carbocycles. The van der Waals surface area contributed by atoms with Crippen molar-refractivity contribution in [2.75, 3.05) is 18.0 Å². The fourth-order valence-electron chi connectivity index (χ4n) is 3.44. The molecule has 1 N–H and O–H groups in total. The van der Waals surface area contributed by atoms with Crippen LogP contribution >= 0.6 is 0 Å². The minimum Gasteiger partial charge on any atom is -0.373 e. The fraction of sp³-hybridized carbons (Fsp3) is 0.278. The maximum atomic E-state index is 11.6. The van der Waals surface area contributed by atoms with E-state index in [1.165, 1.54) is 0 Å². The highest BCUT2D eigenvalue weighted by molar-refractivity contribution is 6.12. The van der Waals surface area contributed by atoms with E-state index in [9.17, 15) is 5.11 Å². The van der Waals surface area contributed by atoms with Crippen LogP contribution in [0.25, 0.3) is 0 Å². The zero-order valence-electron chi connectivity index (χ0n) is 12.1. The molecule has 0 saturated heterocycles. The molecule has 2 aliphatic heterocycles. The van der Waals surface area contributed by atoms with Gasteiger partial charge in [0, 0.05) is 24.3 Å². The van der Waals surface area contributed by atoms with Gasteiger partial charge in [0.05, 0.1) is 0 Å². The molecule has 2 aromatic carbocycles. The fourth-order valence-corrected chi connectivity index (χ4v) is 3.44. The molecular weight excluding hydrogens is 260 g/mol. The first kappa shape index (κ1) is 12.6. The Hall–Kier alpha value is -2.13. The number of aryl methyl sites for hydroxylation is 1. The second-order valence-corrected chi connectivity index (χ2v) is 5.81. The lowest BCUT2D eigenvalue weighted by Gasteiger charge is -2.30. The SMILES string of the molecule is Cc1cccc(C2(O)C3=NCCCN3c3ccccc32)c1. The Labute approximate surface area is 124 Å². The predicted octanol–water partition coefficient (Wildman–Crippen LogP) is 2.85. The maximum absolute atomic E-state index is 11.6. The predicted molar refractivity (Wildman–Crippen MR) is 84.9 cm³/mol. The number of hydrogen-bond acceptors (Lipinski definition) is 3. The van der Waals surface area contributed by atoms with E-state index in [0.717, 1.165) is 47.7 Å². The number of rotatable bonds is 1. The Balaban J connectivity index is 2.00. The standard InChI is InChI=1S/C18H18N2O/c1-13-6-4-7-14(12-13)18(21)15-8-2-3-9-16(15)20-11-5-10-19-17(18)20/h2-4,6-9,12,21H,5,10-11H2,1H3. The van der Waals surface area contributed by atoms with Gasteiger partial charge in [0.25, 0.3) is 0 Å². The average molecular weight is 278 g/mol. The Kier molecular flexibility index (Phi) is 2.66. The second kappa shape index (κ2) is 4.43. The van der Waals surface area contributed by atoms with E-state index in [-0.39, 0.29) is 0 Å². The van der Waals surface area contributed by atoms with Gasteiger partial charge in [-0.05, 0) is 25.0 Å². The monoisotopic (exact) mass is 278 g/mol. The van der Waals surface area contributed by atoms with Crippen molar-refractivity contribution in [2.45, 2.75) is 18.9 Å². The van der Waals surface area contributed by atoms with Gasteiger partial charge in [-0.2, -0.15) is 0 Å². The Morgan fingerprint density at radius 3 is 2.86 bits per heavy atom. The van der Waals surface area contributed by atoms with Gasteiger partial charge in [-0.3, -0.25) is 4.99 Å². The molecule has 0 amide bonds. The lowest BCUT2D eigenvalue weighted by atomic mass is 9.86. The third-order valence-corrected chi connectivity index (χ3v) is 4.40. The van der Waals surface area contributed by atoms with E-state index >= 15 is 0 Å². The minimum absolute atomic E-state index is 0.778. The van der Waals surface area contributed by atoms with E-state index in [2.05, 4.69) is 22.0 Å². The van der Waals surface area contributed by atoms with E-state index in [1.807, 2.05) is 43.3 Å². The lowest BCUT2D eigenvalue weighted by molar-refractivity contribution is 0.158. The lowest BCUT2D eigenvalue weighted by Crippen LogP contribution is -2.44. The summed E-state index contributed by atoms with van der Waals surface area (Å²) in [6.07, 6.45) is 1.03. The summed E-state index contributed by atoms with van der Waals surface area (Å²) in [6, 6.07) is 16.2. The van der Waals surface area contributed by atoms with Crippen molar-refractivity contribution in [1.82, 2.24) is 0 Å². The van der Waals surface area contributed by atoms with Gasteiger partial charge in [-0.15, -0.1) is 0 Å². The molecule has 3 nitrogen and oxygen atoms in total. The normalized spacial score (nSPS) is 23.5. The molecular formula is C18H18N2O. The van der Waals surface area contributed by atoms with E-state index < -0.39 is 5.60 Å². The van der Waals surface area contributed by atoms with Crippen LogP contribution in [0.1, 0.15) is 23.1 Å². The van der Waals surface area contributed by atoms with Crippen LogP contribution in [0, 0.1) is 6.92 Å². The third kappa shape index (κ3) is 1.67. The number of anilines is 1. The van der Waals surface area contributed by atoms with Crippen molar-refractivity contribution < 1.29 is 5.11 Å². The number of amidine groups is 1. The van der Waals surface area contributed by atoms with Crippen LogP contribution in [0.3, 0.4) is 0 Å². The molecule has 2 heterocycles. The molecule has 1 unspecified atom stereocenters. The molecule has 3 heteroatoms. The van der Waals surface area contributed by atoms with E-state index in [0.29, 0.717) is 0 Å². The Morgan fingerprint density at radius 2 is 2.00 bits per heavy atom. The van der Waals surface area contributed by atoms with Gasteiger partial charge < -0.3 is 10.0 Å². The summed E-state index contributed by atoms with van der Waals surface area (Å²) >= 11 is 0. The average Bonchev–Trinajstić information content (AvgIpc) is 2.79. The van der Waals surface area contributed by atoms with Crippen molar-refractivity contribution in [3.8, 4) is 0 Å². The maximum Gasteiger partial charge on any atom is 0.174 e. The van der Waals surface area contributed by atoms with Crippen LogP contribution < -0.4 is 4.90 Å². The largest absolute Gasteiger partial charge is 0.373 e. The zero-order valence-corrected chi connectivity index (χ0v) is 12.1. The Bertz CT molecular complexity index is 738. The number of hydrogen-bond donors (Lipinski definition) is 1. The number of benzene rings is 2. The summed E-state index contributed by atoms with van der Waals surface area (Å²) < 4.78 is 0. The van der Waals surface area contributed by atoms with Crippen LogP contribution in [-0.4, -0.2) is 24.0 Å². The summed E-state index contributed by atoms with van der Waals surface area (Å²) in [4.78, 5) is 6.83. The number of aliphatic imine (C=N–C) groups is 1. The first-order valence-corrected chi connectivity index (χ1v) is 7.43. The van der Waals surface area contributed by atoms with Gasteiger partial charge in [0.1, 0.15) is 5.84 Å².